The number of nitrogens with one attached hydrogen (secondary N) is 2. The Morgan fingerprint density at radius 1 is 1.06 bits per heavy atom. The van der Waals surface area contributed by atoms with Gasteiger partial charge in [-0.3, -0.25) is 9.59 Å². The van der Waals surface area contributed by atoms with E-state index in [0.717, 1.165) is 30.4 Å². The number of aryl methyl sites for hydroxylation is 1. The highest BCUT2D eigenvalue weighted by Gasteiger charge is 2.35. The summed E-state index contributed by atoms with van der Waals surface area (Å²) in [4.78, 5) is 40.3. The van der Waals surface area contributed by atoms with Gasteiger partial charge in [-0.15, -0.1) is 0 Å². The van der Waals surface area contributed by atoms with Crippen molar-refractivity contribution in [3.8, 4) is 0 Å². The fraction of sp³-hybridized carbons (Fsp3) is 0.640. The molecule has 2 N–H and O–H groups in total. The molecule has 0 saturated carbocycles. The highest BCUT2D eigenvalue weighted by atomic mass is 16.6. The van der Waals surface area contributed by atoms with E-state index >= 15 is 0 Å². The first kappa shape index (κ1) is 27.5. The predicted molar refractivity (Wildman–Crippen MR) is 127 cm³/mol. The quantitative estimate of drug-likeness (QED) is 0.526. The van der Waals surface area contributed by atoms with Crippen LogP contribution in [0.5, 0.6) is 0 Å². The molecule has 2 atom stereocenters. The van der Waals surface area contributed by atoms with E-state index in [1.165, 1.54) is 4.90 Å². The van der Waals surface area contributed by atoms with Crippen molar-refractivity contribution in [1.29, 1.82) is 0 Å². The molecule has 0 aromatic heterocycles. The third-order valence-electron chi connectivity index (χ3n) is 5.12. The summed E-state index contributed by atoms with van der Waals surface area (Å²) in [7, 11) is 1.60. The van der Waals surface area contributed by atoms with Crippen LogP contribution in [0.4, 0.5) is 4.79 Å². The van der Waals surface area contributed by atoms with Crippen LogP contribution in [0.1, 0.15) is 78.5 Å². The molecule has 1 rings (SSSR count). The van der Waals surface area contributed by atoms with Crippen molar-refractivity contribution in [3.63, 3.8) is 0 Å². The van der Waals surface area contributed by atoms with Gasteiger partial charge in [0.15, 0.2) is 0 Å². The molecule has 7 nitrogen and oxygen atoms in total. The second kappa shape index (κ2) is 12.5. The number of likely N-dealkylation sites (N-methyl/N-ethyl adjacent to an activating group) is 1. The minimum atomic E-state index is -0.823. The van der Waals surface area contributed by atoms with Crippen LogP contribution in [0, 0.1) is 5.92 Å². The van der Waals surface area contributed by atoms with Crippen LogP contribution in [0.25, 0.3) is 0 Å². The number of benzene rings is 1. The molecule has 32 heavy (non-hydrogen) atoms. The number of alkyl carbamates (subject to hydrolysis) is 1. The Morgan fingerprint density at radius 3 is 2.12 bits per heavy atom. The molecule has 0 fully saturated rings. The van der Waals surface area contributed by atoms with Gasteiger partial charge >= 0.3 is 6.09 Å². The molecule has 0 bridgehead atoms. The first-order chi connectivity index (χ1) is 14.9. The van der Waals surface area contributed by atoms with Crippen LogP contribution >= 0.6 is 0 Å². The second-order valence-electron chi connectivity index (χ2n) is 9.46. The van der Waals surface area contributed by atoms with Gasteiger partial charge in [0.05, 0.1) is 0 Å². The lowest BCUT2D eigenvalue weighted by molar-refractivity contribution is -0.141. The zero-order valence-electron chi connectivity index (χ0n) is 21.0. The lowest BCUT2D eigenvalue weighted by Crippen LogP contribution is -2.53. The summed E-state index contributed by atoms with van der Waals surface area (Å²) >= 11 is 0. The number of ether oxygens (including phenoxy) is 1. The highest BCUT2D eigenvalue weighted by molar-refractivity contribution is 5.92. The fourth-order valence-electron chi connectivity index (χ4n) is 3.27. The second-order valence-corrected chi connectivity index (χ2v) is 9.46. The minimum Gasteiger partial charge on any atom is -0.444 e. The van der Waals surface area contributed by atoms with E-state index < -0.39 is 23.8 Å². The number of hydrogen-bond donors (Lipinski definition) is 2. The maximum absolute atomic E-state index is 13.4. The standard InChI is InChI=1S/C25H41N3O4/c1-9-11-16-26-22(29)21(19-14-12-18(10-2)13-15-19)28(8)23(30)20(17(3)4)27-24(31)32-25(5,6)7/h12-15,17,20-21H,9-11,16H2,1-8H3,(H,26,29)(H,27,31). The maximum Gasteiger partial charge on any atom is 0.408 e. The van der Waals surface area contributed by atoms with Gasteiger partial charge in [-0.25, -0.2) is 4.79 Å². The van der Waals surface area contributed by atoms with Gasteiger partial charge in [0.1, 0.15) is 17.7 Å². The van der Waals surface area contributed by atoms with E-state index in [1.807, 2.05) is 38.1 Å². The summed E-state index contributed by atoms with van der Waals surface area (Å²) in [6.07, 6.45) is 2.05. The number of rotatable bonds is 10. The molecule has 0 spiro atoms. The first-order valence-electron chi connectivity index (χ1n) is 11.5. The normalized spacial score (nSPS) is 13.3. The zero-order valence-corrected chi connectivity index (χ0v) is 21.0. The van der Waals surface area contributed by atoms with E-state index in [4.69, 9.17) is 4.74 Å². The van der Waals surface area contributed by atoms with Gasteiger partial charge in [-0.2, -0.15) is 0 Å². The van der Waals surface area contributed by atoms with E-state index in [9.17, 15) is 14.4 Å². The number of amides is 3. The van der Waals surface area contributed by atoms with Crippen molar-refractivity contribution >= 4 is 17.9 Å². The van der Waals surface area contributed by atoms with Crippen LogP contribution in [-0.2, 0) is 20.7 Å². The molecule has 0 aliphatic carbocycles. The number of nitrogens with zero attached hydrogens (tertiary/aromatic N) is 1. The van der Waals surface area contributed by atoms with E-state index in [-0.39, 0.29) is 17.7 Å². The van der Waals surface area contributed by atoms with Gasteiger partial charge in [-0.05, 0) is 50.7 Å². The van der Waals surface area contributed by atoms with Gasteiger partial charge in [-0.1, -0.05) is 58.4 Å². The van der Waals surface area contributed by atoms with Gasteiger partial charge in [0.25, 0.3) is 0 Å². The van der Waals surface area contributed by atoms with Crippen molar-refractivity contribution in [2.45, 2.75) is 85.4 Å². The molecule has 3 amide bonds. The lowest BCUT2D eigenvalue weighted by atomic mass is 9.98. The van der Waals surface area contributed by atoms with Gasteiger partial charge in [0, 0.05) is 13.6 Å². The summed E-state index contributed by atoms with van der Waals surface area (Å²) in [5, 5.41) is 5.63. The van der Waals surface area contributed by atoms with E-state index in [2.05, 4.69) is 24.5 Å². The molecule has 2 unspecified atom stereocenters. The summed E-state index contributed by atoms with van der Waals surface area (Å²) in [5.41, 5.74) is 1.20. The molecule has 1 aromatic carbocycles. The molecule has 0 saturated heterocycles. The van der Waals surface area contributed by atoms with Gasteiger partial charge in [0.2, 0.25) is 11.8 Å². The number of carbonyl (C=O) groups excluding carboxylic acids is 3. The van der Waals surface area contributed by atoms with Crippen LogP contribution in [0.2, 0.25) is 0 Å². The van der Waals surface area contributed by atoms with Crippen molar-refractivity contribution in [2.75, 3.05) is 13.6 Å². The Hall–Kier alpha value is -2.57. The average molecular weight is 448 g/mol. The van der Waals surface area contributed by atoms with E-state index in [1.54, 1.807) is 27.8 Å². The monoisotopic (exact) mass is 447 g/mol. The van der Waals surface area contributed by atoms with Crippen molar-refractivity contribution < 1.29 is 19.1 Å². The Balaban J connectivity index is 3.17. The molecule has 0 aliphatic heterocycles. The summed E-state index contributed by atoms with van der Waals surface area (Å²) in [5.74, 6) is -0.775. The van der Waals surface area contributed by atoms with Crippen LogP contribution in [-0.4, -0.2) is 48.0 Å². The highest BCUT2D eigenvalue weighted by Crippen LogP contribution is 2.23. The summed E-state index contributed by atoms with van der Waals surface area (Å²) < 4.78 is 5.33. The summed E-state index contributed by atoms with van der Waals surface area (Å²) in [6.45, 7) is 13.7. The van der Waals surface area contributed by atoms with Crippen LogP contribution < -0.4 is 10.6 Å². The van der Waals surface area contributed by atoms with Crippen LogP contribution in [0.3, 0.4) is 0 Å². The molecule has 7 heteroatoms. The zero-order chi connectivity index (χ0) is 24.5. The number of carbonyl (C=O) groups is 3. The van der Waals surface area contributed by atoms with Crippen molar-refractivity contribution in [2.24, 2.45) is 5.92 Å². The molecular formula is C25H41N3O4. The smallest absolute Gasteiger partial charge is 0.408 e. The Kier molecular flexibility index (Phi) is 10.7. The van der Waals surface area contributed by atoms with Crippen molar-refractivity contribution in [3.05, 3.63) is 35.4 Å². The Labute approximate surface area is 193 Å². The predicted octanol–water partition coefficient (Wildman–Crippen LogP) is 4.21. The van der Waals surface area contributed by atoms with Crippen LogP contribution in [0.15, 0.2) is 24.3 Å². The molecule has 1 aromatic rings. The third kappa shape index (κ3) is 8.52. The maximum atomic E-state index is 13.4. The molecule has 0 radical (unpaired) electrons. The molecule has 0 aliphatic rings. The molecular weight excluding hydrogens is 406 g/mol. The van der Waals surface area contributed by atoms with Gasteiger partial charge < -0.3 is 20.3 Å². The topological polar surface area (TPSA) is 87.7 Å². The summed E-state index contributed by atoms with van der Waals surface area (Å²) in [6, 6.07) is 6.09. The Morgan fingerprint density at radius 2 is 1.66 bits per heavy atom. The molecule has 180 valence electrons. The SMILES string of the molecule is CCCCNC(=O)C(c1ccc(CC)cc1)N(C)C(=O)C(NC(=O)OC(C)(C)C)C(C)C. The van der Waals surface area contributed by atoms with E-state index in [0.29, 0.717) is 6.54 Å². The minimum absolute atomic E-state index is 0.191. The average Bonchev–Trinajstić information content (AvgIpc) is 2.70. The fourth-order valence-corrected chi connectivity index (χ4v) is 3.27. The Bertz CT molecular complexity index is 753. The lowest BCUT2D eigenvalue weighted by Gasteiger charge is -2.33. The number of hydrogen-bond acceptors (Lipinski definition) is 4. The van der Waals surface area contributed by atoms with Crippen molar-refractivity contribution in [1.82, 2.24) is 15.5 Å². The molecule has 0 heterocycles. The third-order valence-corrected chi connectivity index (χ3v) is 5.12. The number of unbranched alkanes of at least 4 members (excludes halogenated alkanes) is 1. The first-order valence-corrected chi connectivity index (χ1v) is 11.5. The largest absolute Gasteiger partial charge is 0.444 e.